The van der Waals surface area contributed by atoms with E-state index in [1.54, 1.807) is 13.0 Å². The fourth-order valence-corrected chi connectivity index (χ4v) is 6.16. The first-order valence-electron chi connectivity index (χ1n) is 15.0. The van der Waals surface area contributed by atoms with Gasteiger partial charge in [0.15, 0.2) is 5.82 Å². The maximum atomic E-state index is 11.7. The number of hydrogen-bond acceptors (Lipinski definition) is 7. The van der Waals surface area contributed by atoms with Gasteiger partial charge in [-0.15, -0.1) is 0 Å². The zero-order valence-corrected chi connectivity index (χ0v) is 25.0. The van der Waals surface area contributed by atoms with Crippen molar-refractivity contribution in [3.8, 4) is 28.7 Å². The number of benzene rings is 2. The van der Waals surface area contributed by atoms with Crippen LogP contribution in [0.25, 0.3) is 17.1 Å². The van der Waals surface area contributed by atoms with E-state index < -0.39 is 5.97 Å². The molecule has 2 aliphatic heterocycles. The van der Waals surface area contributed by atoms with Crippen molar-refractivity contribution in [1.29, 1.82) is 0 Å². The minimum absolute atomic E-state index is 0.00914. The Hall–Kier alpha value is -4.21. The molecule has 9 heteroatoms. The lowest BCUT2D eigenvalue weighted by molar-refractivity contribution is 0.0290. The maximum Gasteiger partial charge on any atom is 0.342 e. The Bertz CT molecular complexity index is 1630. The molecule has 4 heterocycles. The molecule has 0 aliphatic carbocycles. The van der Waals surface area contributed by atoms with E-state index in [9.17, 15) is 9.90 Å². The summed E-state index contributed by atoms with van der Waals surface area (Å²) in [5.74, 6) is 0.248. The third-order valence-electron chi connectivity index (χ3n) is 8.52. The maximum absolute atomic E-state index is 11.7. The van der Waals surface area contributed by atoms with Crippen LogP contribution in [0.4, 0.5) is 0 Å². The Morgan fingerprint density at radius 1 is 1.09 bits per heavy atom. The smallest absolute Gasteiger partial charge is 0.342 e. The number of pyridine rings is 1. The van der Waals surface area contributed by atoms with Crippen molar-refractivity contribution < 1.29 is 24.1 Å². The molecule has 0 bridgehead atoms. The number of nitrogens with zero attached hydrogens (tertiary/aromatic N) is 4. The first kappa shape index (κ1) is 28.9. The summed E-state index contributed by atoms with van der Waals surface area (Å²) in [5.41, 5.74) is 7.99. The third kappa shape index (κ3) is 6.00. The number of ether oxygens (including phenoxy) is 3. The number of rotatable bonds is 9. The van der Waals surface area contributed by atoms with Crippen molar-refractivity contribution in [2.24, 2.45) is 0 Å². The quantitative estimate of drug-likeness (QED) is 0.266. The average Bonchev–Trinajstić information content (AvgIpc) is 3.45. The zero-order chi connectivity index (χ0) is 29.9. The number of carboxylic acid groups (broad SMARTS) is 1. The van der Waals surface area contributed by atoms with Gasteiger partial charge < -0.3 is 19.3 Å². The Labute approximate surface area is 252 Å². The van der Waals surface area contributed by atoms with Gasteiger partial charge in [-0.25, -0.2) is 9.78 Å². The Morgan fingerprint density at radius 3 is 2.72 bits per heavy atom. The molecule has 0 saturated carbocycles. The molecule has 1 fully saturated rings. The number of aromatic nitrogens is 3. The van der Waals surface area contributed by atoms with Gasteiger partial charge >= 0.3 is 5.97 Å². The minimum atomic E-state index is -1.10. The van der Waals surface area contributed by atoms with Crippen LogP contribution in [0.15, 0.2) is 54.7 Å². The molecule has 0 radical (unpaired) electrons. The lowest BCUT2D eigenvalue weighted by atomic mass is 9.90. The van der Waals surface area contributed by atoms with Crippen LogP contribution < -0.4 is 9.47 Å². The second-order valence-corrected chi connectivity index (χ2v) is 11.2. The van der Waals surface area contributed by atoms with E-state index in [4.69, 9.17) is 19.2 Å². The van der Waals surface area contributed by atoms with Gasteiger partial charge in [-0.05, 0) is 92.1 Å². The number of aryl methyl sites for hydroxylation is 1. The highest BCUT2D eigenvalue weighted by Crippen LogP contribution is 2.33. The molecule has 2 aromatic carbocycles. The van der Waals surface area contributed by atoms with Crippen molar-refractivity contribution in [3.05, 3.63) is 88.1 Å². The number of carbonyl (C=O) groups is 1. The first-order valence-corrected chi connectivity index (χ1v) is 15.0. The fraction of sp³-hybridized carbons (Fsp3) is 0.382. The SMILES string of the molecule is CCOc1c(C(=O)O)cnn1-c1cccc(-c2ccc(C)cc2OCc2ccc3c(c2C)CCN(C2CCOCC2)C3)n1. The van der Waals surface area contributed by atoms with Gasteiger partial charge in [0.25, 0.3) is 0 Å². The second-order valence-electron chi connectivity index (χ2n) is 11.2. The molecule has 6 rings (SSSR count). The summed E-state index contributed by atoms with van der Waals surface area (Å²) in [6.45, 7) is 10.6. The molecular weight excluding hydrogens is 544 g/mol. The van der Waals surface area contributed by atoms with Crippen molar-refractivity contribution >= 4 is 5.97 Å². The van der Waals surface area contributed by atoms with Crippen molar-refractivity contribution in [2.75, 3.05) is 26.4 Å². The van der Waals surface area contributed by atoms with Crippen LogP contribution >= 0.6 is 0 Å². The summed E-state index contributed by atoms with van der Waals surface area (Å²) in [6, 6.07) is 16.8. The molecule has 2 aromatic heterocycles. The van der Waals surface area contributed by atoms with Crippen LogP contribution in [-0.2, 0) is 24.3 Å². The third-order valence-corrected chi connectivity index (χ3v) is 8.52. The topological polar surface area (TPSA) is 98.9 Å². The predicted molar refractivity (Wildman–Crippen MR) is 163 cm³/mol. The van der Waals surface area contributed by atoms with Gasteiger partial charge in [0.2, 0.25) is 5.88 Å². The van der Waals surface area contributed by atoms with E-state index in [1.807, 2.05) is 37.3 Å². The van der Waals surface area contributed by atoms with Crippen molar-refractivity contribution in [2.45, 2.75) is 59.2 Å². The number of fused-ring (bicyclic) bond motifs is 1. The highest BCUT2D eigenvalue weighted by atomic mass is 16.5. The summed E-state index contributed by atoms with van der Waals surface area (Å²) in [5, 5.41) is 13.8. The predicted octanol–water partition coefficient (Wildman–Crippen LogP) is 5.76. The number of carboxylic acids is 1. The molecule has 4 aromatic rings. The summed E-state index contributed by atoms with van der Waals surface area (Å²) in [6.07, 6.45) is 4.58. The van der Waals surface area contributed by atoms with E-state index in [0.29, 0.717) is 30.8 Å². The molecule has 1 N–H and O–H groups in total. The van der Waals surface area contributed by atoms with E-state index in [-0.39, 0.29) is 11.4 Å². The summed E-state index contributed by atoms with van der Waals surface area (Å²) < 4.78 is 19.1. The van der Waals surface area contributed by atoms with E-state index in [2.05, 4.69) is 29.1 Å². The molecular formula is C34H38N4O5. The number of hydrogen-bond donors (Lipinski definition) is 1. The van der Waals surface area contributed by atoms with Crippen LogP contribution in [0.1, 0.15) is 57.9 Å². The Morgan fingerprint density at radius 2 is 1.93 bits per heavy atom. The van der Waals surface area contributed by atoms with E-state index in [1.165, 1.54) is 33.1 Å². The molecule has 2 aliphatic rings. The van der Waals surface area contributed by atoms with Crippen molar-refractivity contribution in [3.63, 3.8) is 0 Å². The van der Waals surface area contributed by atoms with Crippen LogP contribution in [0.5, 0.6) is 11.6 Å². The van der Waals surface area contributed by atoms with Gasteiger partial charge in [-0.3, -0.25) is 4.90 Å². The molecule has 1 saturated heterocycles. The van der Waals surface area contributed by atoms with Gasteiger partial charge in [-0.1, -0.05) is 24.3 Å². The lowest BCUT2D eigenvalue weighted by Gasteiger charge is -2.38. The highest BCUT2D eigenvalue weighted by Gasteiger charge is 2.27. The van der Waals surface area contributed by atoms with Gasteiger partial charge in [-0.2, -0.15) is 9.78 Å². The zero-order valence-electron chi connectivity index (χ0n) is 25.0. The van der Waals surface area contributed by atoms with E-state index in [0.717, 1.165) is 62.4 Å². The van der Waals surface area contributed by atoms with Crippen LogP contribution in [0.3, 0.4) is 0 Å². The van der Waals surface area contributed by atoms with Crippen LogP contribution in [0.2, 0.25) is 0 Å². The molecule has 0 spiro atoms. The van der Waals surface area contributed by atoms with Gasteiger partial charge in [0.1, 0.15) is 17.9 Å². The molecule has 0 atom stereocenters. The summed E-state index contributed by atoms with van der Waals surface area (Å²) >= 11 is 0. The fourth-order valence-electron chi connectivity index (χ4n) is 6.16. The molecule has 43 heavy (non-hydrogen) atoms. The monoisotopic (exact) mass is 582 g/mol. The molecule has 0 unspecified atom stereocenters. The largest absolute Gasteiger partial charge is 0.488 e. The van der Waals surface area contributed by atoms with Gasteiger partial charge in [0.05, 0.1) is 18.5 Å². The lowest BCUT2D eigenvalue weighted by Crippen LogP contribution is -2.42. The summed E-state index contributed by atoms with van der Waals surface area (Å²) in [4.78, 5) is 19.2. The summed E-state index contributed by atoms with van der Waals surface area (Å²) in [7, 11) is 0. The highest BCUT2D eigenvalue weighted by molar-refractivity contribution is 5.90. The molecule has 0 amide bonds. The normalized spacial score (nSPS) is 15.7. The number of aromatic carboxylic acids is 1. The Kier molecular flexibility index (Phi) is 8.44. The van der Waals surface area contributed by atoms with Crippen LogP contribution in [0, 0.1) is 13.8 Å². The van der Waals surface area contributed by atoms with E-state index >= 15 is 0 Å². The van der Waals surface area contributed by atoms with Gasteiger partial charge in [0, 0.05) is 37.9 Å². The molecule has 9 nitrogen and oxygen atoms in total. The molecule has 224 valence electrons. The Balaban J connectivity index is 1.24. The van der Waals surface area contributed by atoms with Crippen molar-refractivity contribution in [1.82, 2.24) is 19.7 Å². The van der Waals surface area contributed by atoms with Crippen LogP contribution in [-0.4, -0.2) is 63.1 Å². The second kappa shape index (κ2) is 12.6. The minimum Gasteiger partial charge on any atom is -0.488 e. The average molecular weight is 583 g/mol. The standard InChI is InChI=1S/C34H38N4O5/c1-4-42-33-29(34(39)40)19-35-38(33)32-7-5-6-30(36-32)28-11-8-22(2)18-31(28)43-21-25-10-9-24-20-37(15-12-27(24)23(25)3)26-13-16-41-17-14-26/h5-11,18-19,26H,4,12-17,20-21H2,1-3H3,(H,39,40). The first-order chi connectivity index (χ1) is 20.9.